The van der Waals surface area contributed by atoms with Gasteiger partial charge in [0.25, 0.3) is 6.17 Å². The molecule has 1 aromatic carbocycles. The van der Waals surface area contributed by atoms with Crippen LogP contribution in [0.3, 0.4) is 0 Å². The highest BCUT2D eigenvalue weighted by Crippen LogP contribution is 2.42. The largest absolute Gasteiger partial charge is 0.622 e. The van der Waals surface area contributed by atoms with Crippen LogP contribution in [0.1, 0.15) is 25.0 Å². The van der Waals surface area contributed by atoms with E-state index in [0.29, 0.717) is 6.54 Å². The lowest BCUT2D eigenvalue weighted by Crippen LogP contribution is -2.47. The molecule has 0 aliphatic carbocycles. The summed E-state index contributed by atoms with van der Waals surface area (Å²) in [4.78, 5) is 6.07. The summed E-state index contributed by atoms with van der Waals surface area (Å²) in [7, 11) is 0. The van der Waals surface area contributed by atoms with Gasteiger partial charge in [-0.15, -0.1) is 0 Å². The predicted octanol–water partition coefficient (Wildman–Crippen LogP) is 3.65. The lowest BCUT2D eigenvalue weighted by Gasteiger charge is -2.29. The monoisotopic (exact) mass is 357 g/mol. The van der Waals surface area contributed by atoms with Crippen LogP contribution in [0, 0.1) is 5.21 Å². The van der Waals surface area contributed by atoms with E-state index in [2.05, 4.69) is 31.0 Å². The molecule has 0 amide bonds. The molecule has 6 heteroatoms. The highest BCUT2D eigenvalue weighted by atomic mass is 32.2. The Bertz CT molecular complexity index is 747. The number of hydrogen-bond donors (Lipinski definition) is 0. The molecule has 0 bridgehead atoms. The third kappa shape index (κ3) is 3.60. The number of pyridine rings is 1. The van der Waals surface area contributed by atoms with E-state index in [0.717, 1.165) is 20.2 Å². The molecule has 0 N–H and O–H groups in total. The van der Waals surface area contributed by atoms with Gasteiger partial charge in [0.1, 0.15) is 9.07 Å². The normalized spacial score (nSPS) is 20.4. The average Bonchev–Trinajstić information content (AvgIpc) is 2.78. The lowest BCUT2D eigenvalue weighted by molar-refractivity contribution is -0.524. The van der Waals surface area contributed by atoms with E-state index < -0.39 is 0 Å². The van der Waals surface area contributed by atoms with Gasteiger partial charge in [0, 0.05) is 12.4 Å². The molecule has 1 atom stereocenters. The number of hydroxylamine groups is 1. The molecule has 1 aliphatic heterocycles. The summed E-state index contributed by atoms with van der Waals surface area (Å²) < 4.78 is 1.47. The number of aromatic nitrogens is 1. The molecule has 1 saturated heterocycles. The van der Waals surface area contributed by atoms with Gasteiger partial charge in [-0.1, -0.05) is 54.3 Å². The van der Waals surface area contributed by atoms with Crippen molar-refractivity contribution in [3.8, 4) is 0 Å². The van der Waals surface area contributed by atoms with Crippen molar-refractivity contribution in [2.24, 2.45) is 0 Å². The molecule has 1 unspecified atom stereocenters. The standard InChI is InChI=1S/C18H19N3OS2/c1-18(2)16(21(22)13-15-9-6-10-19-11-15)20(17(23)24-18)12-14-7-4-3-5-8-14/h3-11,13,16H,12H2,1-2H3. The van der Waals surface area contributed by atoms with Gasteiger partial charge in [0.15, 0.2) is 6.21 Å². The lowest BCUT2D eigenvalue weighted by atomic mass is 10.1. The maximum absolute atomic E-state index is 12.9. The third-order valence-electron chi connectivity index (χ3n) is 3.90. The molecule has 1 aromatic heterocycles. The summed E-state index contributed by atoms with van der Waals surface area (Å²) in [6, 6.07) is 13.8. The first-order chi connectivity index (χ1) is 11.5. The highest BCUT2D eigenvalue weighted by Gasteiger charge is 2.50. The van der Waals surface area contributed by atoms with Crippen molar-refractivity contribution in [3.05, 3.63) is 71.2 Å². The fraction of sp³-hybridized carbons (Fsp3) is 0.278. The zero-order chi connectivity index (χ0) is 17.2. The number of thiocarbonyl (C=S) groups is 1. The van der Waals surface area contributed by atoms with Crippen molar-refractivity contribution in [2.45, 2.75) is 31.3 Å². The molecule has 3 rings (SSSR count). The summed E-state index contributed by atoms with van der Waals surface area (Å²) in [5.74, 6) is 0. The number of rotatable bonds is 4. The zero-order valence-electron chi connectivity index (χ0n) is 13.6. The van der Waals surface area contributed by atoms with Gasteiger partial charge in [-0.3, -0.25) is 9.88 Å². The molecule has 1 fully saturated rings. The SMILES string of the molecule is CC1(C)SC(=S)N(Cc2ccccc2)C1[N+]([O-])=Cc1cccnc1. The Morgan fingerprint density at radius 1 is 1.29 bits per heavy atom. The molecule has 0 saturated carbocycles. The van der Waals surface area contributed by atoms with Crippen LogP contribution in [0.15, 0.2) is 54.9 Å². The smallest absolute Gasteiger partial charge is 0.254 e. The second kappa shape index (κ2) is 6.91. The summed E-state index contributed by atoms with van der Waals surface area (Å²) in [6.07, 6.45) is 4.60. The topological polar surface area (TPSA) is 42.2 Å². The van der Waals surface area contributed by atoms with Crippen molar-refractivity contribution in [1.82, 2.24) is 9.88 Å². The Hall–Kier alpha value is -1.92. The molecule has 4 nitrogen and oxygen atoms in total. The van der Waals surface area contributed by atoms with Crippen LogP contribution in [-0.4, -0.2) is 36.1 Å². The third-order valence-corrected chi connectivity index (χ3v) is 5.53. The highest BCUT2D eigenvalue weighted by molar-refractivity contribution is 8.24. The van der Waals surface area contributed by atoms with E-state index in [1.807, 2.05) is 35.2 Å². The molecular formula is C18H19N3OS2. The molecule has 0 spiro atoms. The van der Waals surface area contributed by atoms with Crippen molar-refractivity contribution in [2.75, 3.05) is 0 Å². The van der Waals surface area contributed by atoms with Gasteiger partial charge >= 0.3 is 0 Å². The first-order valence-corrected chi connectivity index (χ1v) is 8.94. The Morgan fingerprint density at radius 3 is 2.71 bits per heavy atom. The van der Waals surface area contributed by atoms with E-state index >= 15 is 0 Å². The quantitative estimate of drug-likeness (QED) is 0.275. The van der Waals surface area contributed by atoms with Crippen LogP contribution >= 0.6 is 24.0 Å². The van der Waals surface area contributed by atoms with Crippen LogP contribution in [0.2, 0.25) is 0 Å². The van der Waals surface area contributed by atoms with Gasteiger partial charge in [0.05, 0.1) is 12.1 Å². The minimum Gasteiger partial charge on any atom is -0.622 e. The van der Waals surface area contributed by atoms with Gasteiger partial charge in [-0.2, -0.15) is 4.74 Å². The number of benzene rings is 1. The van der Waals surface area contributed by atoms with Crippen molar-refractivity contribution in [3.63, 3.8) is 0 Å². The van der Waals surface area contributed by atoms with Crippen LogP contribution in [0.25, 0.3) is 0 Å². The van der Waals surface area contributed by atoms with Gasteiger partial charge < -0.3 is 5.21 Å². The van der Waals surface area contributed by atoms with E-state index in [1.54, 1.807) is 30.4 Å². The van der Waals surface area contributed by atoms with Crippen LogP contribution < -0.4 is 0 Å². The van der Waals surface area contributed by atoms with E-state index in [4.69, 9.17) is 12.2 Å². The molecule has 124 valence electrons. The second-order valence-corrected chi connectivity index (χ2v) is 8.52. The number of nitrogens with zero attached hydrogens (tertiary/aromatic N) is 3. The van der Waals surface area contributed by atoms with Crippen molar-refractivity contribution < 1.29 is 4.74 Å². The number of hydrogen-bond acceptors (Lipinski definition) is 4. The fourth-order valence-electron chi connectivity index (χ4n) is 2.86. The Kier molecular flexibility index (Phi) is 4.87. The molecule has 2 aromatic rings. The molecule has 0 radical (unpaired) electrons. The maximum atomic E-state index is 12.9. The minimum atomic E-state index is -0.365. The first kappa shape index (κ1) is 16.9. The summed E-state index contributed by atoms with van der Waals surface area (Å²) in [5, 5.41) is 12.9. The fourth-order valence-corrected chi connectivity index (χ4v) is 4.73. The van der Waals surface area contributed by atoms with Gasteiger partial charge in [-0.25, -0.2) is 0 Å². The second-order valence-electron chi connectivity index (χ2n) is 6.23. The van der Waals surface area contributed by atoms with Crippen molar-refractivity contribution >= 4 is 34.5 Å². The van der Waals surface area contributed by atoms with Crippen LogP contribution in [-0.2, 0) is 6.54 Å². The molecule has 24 heavy (non-hydrogen) atoms. The Balaban J connectivity index is 1.92. The maximum Gasteiger partial charge on any atom is 0.254 e. The molecular weight excluding hydrogens is 338 g/mol. The zero-order valence-corrected chi connectivity index (χ0v) is 15.3. The van der Waals surface area contributed by atoms with E-state index in [-0.39, 0.29) is 10.9 Å². The summed E-state index contributed by atoms with van der Waals surface area (Å²) >= 11 is 7.12. The van der Waals surface area contributed by atoms with Crippen LogP contribution in [0.4, 0.5) is 0 Å². The van der Waals surface area contributed by atoms with Gasteiger partial charge in [-0.05, 0) is 31.5 Å². The number of thioether (sulfide) groups is 1. The van der Waals surface area contributed by atoms with Crippen molar-refractivity contribution in [1.29, 1.82) is 0 Å². The van der Waals surface area contributed by atoms with Gasteiger partial charge in [0.2, 0.25) is 0 Å². The van der Waals surface area contributed by atoms with E-state index in [1.165, 1.54) is 0 Å². The van der Waals surface area contributed by atoms with E-state index in [9.17, 15) is 5.21 Å². The van der Waals surface area contributed by atoms with Crippen LogP contribution in [0.5, 0.6) is 0 Å². The molecule has 2 heterocycles. The Morgan fingerprint density at radius 2 is 2.04 bits per heavy atom. The average molecular weight is 358 g/mol. The molecule has 1 aliphatic rings. The Labute approximate surface area is 151 Å². The summed E-state index contributed by atoms with van der Waals surface area (Å²) in [6.45, 7) is 4.74. The first-order valence-electron chi connectivity index (χ1n) is 7.71. The minimum absolute atomic E-state index is 0.299. The summed E-state index contributed by atoms with van der Waals surface area (Å²) in [5.41, 5.74) is 1.92. The predicted molar refractivity (Wildman–Crippen MR) is 103 cm³/mol.